The summed E-state index contributed by atoms with van der Waals surface area (Å²) >= 11 is 0. The highest BCUT2D eigenvalue weighted by Crippen LogP contribution is 2.05. The third-order valence-electron chi connectivity index (χ3n) is 2.52. The molecule has 4 nitrogen and oxygen atoms in total. The van der Waals surface area contributed by atoms with Gasteiger partial charge in [0.05, 0.1) is 0 Å². The Morgan fingerprint density at radius 1 is 1.23 bits per heavy atom. The number of rotatable bonds is 5. The molecule has 1 unspecified atom stereocenters. The van der Waals surface area contributed by atoms with Gasteiger partial charge in [-0.15, -0.1) is 0 Å². The van der Waals surface area contributed by atoms with Crippen LogP contribution >= 0.6 is 0 Å². The number of nitrogens with zero attached hydrogens (tertiary/aromatic N) is 1. The van der Waals surface area contributed by atoms with Crippen molar-refractivity contribution in [2.45, 2.75) is 6.42 Å². The third-order valence-corrected chi connectivity index (χ3v) is 2.52. The summed E-state index contributed by atoms with van der Waals surface area (Å²) in [5.41, 5.74) is 0. The minimum Gasteiger partial charge on any atom is -0.396 e. The molecule has 0 bridgehead atoms. The van der Waals surface area contributed by atoms with Crippen LogP contribution in [0.15, 0.2) is 0 Å². The highest BCUT2D eigenvalue weighted by molar-refractivity contribution is 4.71. The van der Waals surface area contributed by atoms with Crippen LogP contribution in [-0.4, -0.2) is 61.1 Å². The lowest BCUT2D eigenvalue weighted by Gasteiger charge is -2.30. The monoisotopic (exact) mass is 188 g/mol. The Morgan fingerprint density at radius 2 is 1.92 bits per heavy atom. The molecule has 0 aromatic carbocycles. The van der Waals surface area contributed by atoms with E-state index < -0.39 is 0 Å². The second-order valence-electron chi connectivity index (χ2n) is 3.61. The van der Waals surface area contributed by atoms with Gasteiger partial charge in [0.2, 0.25) is 0 Å². The van der Waals surface area contributed by atoms with E-state index in [0.29, 0.717) is 6.42 Å². The number of aliphatic hydroxyl groups excluding tert-OH is 2. The Kier molecular flexibility index (Phi) is 5.31. The van der Waals surface area contributed by atoms with E-state index in [4.69, 9.17) is 10.2 Å². The summed E-state index contributed by atoms with van der Waals surface area (Å²) in [6.07, 6.45) is 0.709. The maximum Gasteiger partial charge on any atom is 0.0472 e. The van der Waals surface area contributed by atoms with Crippen molar-refractivity contribution in [2.75, 3.05) is 45.9 Å². The molecule has 1 heterocycles. The Bertz CT molecular complexity index is 124. The Morgan fingerprint density at radius 3 is 2.46 bits per heavy atom. The van der Waals surface area contributed by atoms with Crippen molar-refractivity contribution in [2.24, 2.45) is 5.92 Å². The lowest BCUT2D eigenvalue weighted by molar-refractivity contribution is 0.129. The molecule has 78 valence electrons. The molecule has 13 heavy (non-hydrogen) atoms. The van der Waals surface area contributed by atoms with Crippen molar-refractivity contribution in [3.8, 4) is 0 Å². The van der Waals surface area contributed by atoms with Crippen LogP contribution in [0.4, 0.5) is 0 Å². The topological polar surface area (TPSA) is 55.7 Å². The molecule has 0 aromatic rings. The van der Waals surface area contributed by atoms with E-state index in [2.05, 4.69) is 10.2 Å². The maximum absolute atomic E-state index is 9.03. The van der Waals surface area contributed by atoms with Crippen LogP contribution in [0.2, 0.25) is 0 Å². The fourth-order valence-electron chi connectivity index (χ4n) is 1.68. The molecule has 0 spiro atoms. The molecule has 0 aliphatic carbocycles. The van der Waals surface area contributed by atoms with E-state index in [1.807, 2.05) is 0 Å². The SMILES string of the molecule is OCCC(CO)CN1CCNCC1. The first-order valence-electron chi connectivity index (χ1n) is 5.01. The summed E-state index contributed by atoms with van der Waals surface area (Å²) in [5, 5.41) is 21.1. The van der Waals surface area contributed by atoms with Gasteiger partial charge in [0.15, 0.2) is 0 Å². The van der Waals surface area contributed by atoms with Gasteiger partial charge in [0.25, 0.3) is 0 Å². The van der Waals surface area contributed by atoms with E-state index in [9.17, 15) is 0 Å². The predicted molar refractivity (Wildman–Crippen MR) is 51.6 cm³/mol. The Balaban J connectivity index is 2.18. The summed E-state index contributed by atoms with van der Waals surface area (Å²) in [6, 6.07) is 0. The zero-order valence-corrected chi connectivity index (χ0v) is 8.08. The number of nitrogens with one attached hydrogen (secondary N) is 1. The molecule has 0 aromatic heterocycles. The first-order valence-corrected chi connectivity index (χ1v) is 5.01. The summed E-state index contributed by atoms with van der Waals surface area (Å²) in [4.78, 5) is 2.34. The molecule has 0 saturated carbocycles. The lowest BCUT2D eigenvalue weighted by Crippen LogP contribution is -2.45. The van der Waals surface area contributed by atoms with Crippen molar-refractivity contribution in [3.63, 3.8) is 0 Å². The first kappa shape index (κ1) is 10.9. The van der Waals surface area contributed by atoms with Crippen molar-refractivity contribution >= 4 is 0 Å². The quantitative estimate of drug-likeness (QED) is 0.512. The Labute approximate surface area is 79.6 Å². The van der Waals surface area contributed by atoms with E-state index in [0.717, 1.165) is 32.7 Å². The molecule has 1 aliphatic heterocycles. The van der Waals surface area contributed by atoms with E-state index >= 15 is 0 Å². The van der Waals surface area contributed by atoms with E-state index in [1.165, 1.54) is 0 Å². The zero-order valence-electron chi connectivity index (χ0n) is 8.08. The summed E-state index contributed by atoms with van der Waals surface area (Å²) in [6.45, 7) is 5.47. The molecule has 3 N–H and O–H groups in total. The number of piperazine rings is 1. The average molecular weight is 188 g/mol. The van der Waals surface area contributed by atoms with Gasteiger partial charge >= 0.3 is 0 Å². The first-order chi connectivity index (χ1) is 6.36. The molecule has 1 aliphatic rings. The predicted octanol–water partition coefficient (Wildman–Crippen LogP) is -1.12. The summed E-state index contributed by atoms with van der Waals surface area (Å²) in [5.74, 6) is 0.239. The van der Waals surface area contributed by atoms with Crippen LogP contribution < -0.4 is 5.32 Å². The van der Waals surface area contributed by atoms with Crippen LogP contribution in [0.3, 0.4) is 0 Å². The van der Waals surface area contributed by atoms with Crippen LogP contribution in [0.25, 0.3) is 0 Å². The standard InChI is InChI=1S/C9H20N2O2/c12-6-1-9(8-13)7-11-4-2-10-3-5-11/h9-10,12-13H,1-8H2. The molecule has 4 heteroatoms. The van der Waals surface area contributed by atoms with Crippen LogP contribution in [0, 0.1) is 5.92 Å². The normalized spacial score (nSPS) is 21.7. The van der Waals surface area contributed by atoms with Gasteiger partial charge in [-0.2, -0.15) is 0 Å². The van der Waals surface area contributed by atoms with Gasteiger partial charge in [-0.3, -0.25) is 0 Å². The van der Waals surface area contributed by atoms with Crippen molar-refractivity contribution in [1.29, 1.82) is 0 Å². The van der Waals surface area contributed by atoms with Gasteiger partial charge < -0.3 is 20.4 Å². The molecule has 1 fully saturated rings. The largest absolute Gasteiger partial charge is 0.396 e. The third kappa shape index (κ3) is 4.04. The summed E-state index contributed by atoms with van der Waals surface area (Å²) in [7, 11) is 0. The number of hydrogen-bond donors (Lipinski definition) is 3. The van der Waals surface area contributed by atoms with Crippen molar-refractivity contribution < 1.29 is 10.2 Å². The molecule has 0 amide bonds. The van der Waals surface area contributed by atoms with Crippen LogP contribution in [0.5, 0.6) is 0 Å². The van der Waals surface area contributed by atoms with Gasteiger partial charge in [0, 0.05) is 45.9 Å². The average Bonchev–Trinajstić information content (AvgIpc) is 2.19. The van der Waals surface area contributed by atoms with Gasteiger partial charge in [0.1, 0.15) is 0 Å². The maximum atomic E-state index is 9.03. The molecular formula is C9H20N2O2. The van der Waals surface area contributed by atoms with Crippen molar-refractivity contribution in [1.82, 2.24) is 10.2 Å². The molecular weight excluding hydrogens is 168 g/mol. The minimum atomic E-state index is 0.178. The van der Waals surface area contributed by atoms with Gasteiger partial charge in [-0.25, -0.2) is 0 Å². The highest BCUT2D eigenvalue weighted by atomic mass is 16.3. The fraction of sp³-hybridized carbons (Fsp3) is 1.00. The Hall–Kier alpha value is -0.160. The van der Waals surface area contributed by atoms with E-state index in [-0.39, 0.29) is 19.1 Å². The fourth-order valence-corrected chi connectivity index (χ4v) is 1.68. The lowest BCUT2D eigenvalue weighted by atomic mass is 10.1. The number of hydrogen-bond acceptors (Lipinski definition) is 4. The van der Waals surface area contributed by atoms with Gasteiger partial charge in [-0.05, 0) is 12.3 Å². The summed E-state index contributed by atoms with van der Waals surface area (Å²) < 4.78 is 0. The molecule has 1 rings (SSSR count). The highest BCUT2D eigenvalue weighted by Gasteiger charge is 2.14. The van der Waals surface area contributed by atoms with Gasteiger partial charge in [-0.1, -0.05) is 0 Å². The minimum absolute atomic E-state index is 0.178. The second-order valence-corrected chi connectivity index (χ2v) is 3.61. The van der Waals surface area contributed by atoms with Crippen molar-refractivity contribution in [3.05, 3.63) is 0 Å². The van der Waals surface area contributed by atoms with E-state index in [1.54, 1.807) is 0 Å². The van der Waals surface area contributed by atoms with Crippen LogP contribution in [0.1, 0.15) is 6.42 Å². The molecule has 0 radical (unpaired) electrons. The molecule has 1 saturated heterocycles. The molecule has 1 atom stereocenters. The second kappa shape index (κ2) is 6.32. The number of aliphatic hydroxyl groups is 2. The van der Waals surface area contributed by atoms with Crippen LogP contribution in [-0.2, 0) is 0 Å². The smallest absolute Gasteiger partial charge is 0.0472 e. The zero-order chi connectivity index (χ0) is 9.52.